The Bertz CT molecular complexity index is 4820. The predicted octanol–water partition coefficient (Wildman–Crippen LogP) is 7.40. The highest BCUT2D eigenvalue weighted by Crippen LogP contribution is 2.59. The van der Waals surface area contributed by atoms with E-state index in [4.69, 9.17) is 81.8 Å². The summed E-state index contributed by atoms with van der Waals surface area (Å²) >= 11 is 0. The number of hydrogen-bond donors (Lipinski definition) is 4. The lowest BCUT2D eigenvalue weighted by Gasteiger charge is -2.62. The van der Waals surface area contributed by atoms with Crippen LogP contribution in [0.2, 0.25) is 0 Å². The number of anilines is 11. The molecule has 22 heterocycles. The number of hydrogen-bond acceptors (Lipinski definition) is 32. The predicted molar refractivity (Wildman–Crippen MR) is 428 cm³/mol. The second-order valence-corrected chi connectivity index (χ2v) is 35.2. The Balaban J connectivity index is 0.0000000957. The number of nitrogen functional groups attached to an aromatic ring is 4. The van der Waals surface area contributed by atoms with Crippen LogP contribution in [0, 0.1) is 16.7 Å². The monoisotopic (exact) mass is 1550 g/mol. The third-order valence-corrected chi connectivity index (χ3v) is 28.1. The van der Waals surface area contributed by atoms with E-state index in [9.17, 15) is 4.39 Å². The van der Waals surface area contributed by atoms with Crippen LogP contribution in [0.3, 0.4) is 0 Å². The molecule has 0 amide bonds. The molecule has 17 aliphatic rings. The van der Waals surface area contributed by atoms with E-state index >= 15 is 0 Å². The summed E-state index contributed by atoms with van der Waals surface area (Å²) in [5.74, 6) is 8.40. The van der Waals surface area contributed by atoms with Crippen molar-refractivity contribution in [1.29, 1.82) is 0 Å². The molecule has 33 heteroatoms. The van der Waals surface area contributed by atoms with Gasteiger partial charge in [0, 0.05) is 191 Å². The van der Waals surface area contributed by atoms with E-state index in [2.05, 4.69) is 91.2 Å². The summed E-state index contributed by atoms with van der Waals surface area (Å²) in [5, 5.41) is 0. The molecule has 17 fully saturated rings. The van der Waals surface area contributed by atoms with Gasteiger partial charge in [0.05, 0.1) is 98.3 Å². The smallest absolute Gasteiger partial charge is 0.227 e. The Labute approximate surface area is 661 Å². The number of rotatable bonds is 13. The van der Waals surface area contributed by atoms with Gasteiger partial charge in [-0.05, 0) is 140 Å². The first-order valence-electron chi connectivity index (χ1n) is 41.7. The van der Waals surface area contributed by atoms with Gasteiger partial charge < -0.3 is 76.2 Å². The van der Waals surface area contributed by atoms with Gasteiger partial charge >= 0.3 is 0 Å². The van der Waals surface area contributed by atoms with Crippen molar-refractivity contribution >= 4 is 65.0 Å². The van der Waals surface area contributed by atoms with Gasteiger partial charge in [-0.3, -0.25) is 4.90 Å². The number of morpholine rings is 3. The molecule has 8 N–H and O–H groups in total. The zero-order valence-corrected chi connectivity index (χ0v) is 64.7. The Kier molecular flexibility index (Phi) is 18.2. The van der Waals surface area contributed by atoms with Crippen molar-refractivity contribution < 1.29 is 23.3 Å². The third kappa shape index (κ3) is 13.8. The van der Waals surface area contributed by atoms with Gasteiger partial charge in [-0.1, -0.05) is 0 Å². The molecule has 3 aliphatic carbocycles. The minimum atomic E-state index is -1.08. The second-order valence-electron chi connectivity index (χ2n) is 35.2. The molecule has 596 valence electrons. The van der Waals surface area contributed by atoms with Crippen LogP contribution >= 0.6 is 0 Å². The van der Waals surface area contributed by atoms with Gasteiger partial charge in [-0.15, -0.1) is 0 Å². The number of ether oxygens (including phenoxy) is 4. The van der Waals surface area contributed by atoms with Crippen LogP contribution in [0.5, 0.6) is 0 Å². The van der Waals surface area contributed by atoms with Crippen LogP contribution in [-0.2, 0) is 18.9 Å². The summed E-state index contributed by atoms with van der Waals surface area (Å²) in [6.07, 6.45) is 36.1. The van der Waals surface area contributed by atoms with Crippen LogP contribution < -0.4 is 57.2 Å². The molecule has 8 aromatic heterocycles. The lowest BCUT2D eigenvalue weighted by Crippen LogP contribution is -2.71. The highest BCUT2D eigenvalue weighted by atomic mass is 19.1. The molecule has 14 saturated heterocycles. The number of fused-ring (bicyclic) bond motifs is 9. The molecule has 0 radical (unpaired) electrons. The van der Waals surface area contributed by atoms with E-state index in [0.717, 1.165) is 197 Å². The fraction of sp³-hybridized carbons (Fsp3) is 0.605. The van der Waals surface area contributed by atoms with Crippen molar-refractivity contribution in [1.82, 2.24) is 84.6 Å². The molecule has 114 heavy (non-hydrogen) atoms. The van der Waals surface area contributed by atoms with Crippen LogP contribution in [0.15, 0.2) is 73.8 Å². The number of halogens is 1. The van der Waals surface area contributed by atoms with E-state index in [0.29, 0.717) is 97.2 Å². The summed E-state index contributed by atoms with van der Waals surface area (Å²) in [7, 11) is 0. The van der Waals surface area contributed by atoms with Crippen LogP contribution in [0.1, 0.15) is 134 Å². The summed E-state index contributed by atoms with van der Waals surface area (Å²) in [5.41, 5.74) is 30.0. The van der Waals surface area contributed by atoms with Crippen LogP contribution in [0.4, 0.5) is 69.4 Å². The van der Waals surface area contributed by atoms with E-state index in [1.807, 2.05) is 12.1 Å². The lowest BCUT2D eigenvalue weighted by atomic mass is 9.54. The quantitative estimate of drug-likeness (QED) is 0.0873. The fourth-order valence-electron chi connectivity index (χ4n) is 20.7. The van der Waals surface area contributed by atoms with Gasteiger partial charge in [0.25, 0.3) is 0 Å². The molecule has 14 aliphatic heterocycles. The standard InChI is InChI=1S/C23H29N7O.C20H24FN7O.C20H25N7O.C18H23N7O/c24-22-25-8-15(9-26-22)21-7-20(27-23(28-21)29-10-13-3-18(29)4-13)14-5-16-1-2-17(6-14)30(16)19-11-31-12-19;1-19(21)2-3-20(19)10-27(11-20)18-25-15(12-6-23-17(22)24-7-12)5-16(26-18)28-8-14-4-13(28)9-29-14;21-18-22-9-13(10-23-18)16-8-17(27-11-15-7-14(27)12-28-15)25-19(24-16)26-5-3-20(1-2-20)4-6-26;19-17-20-8-12(9-21-17)15-7-16(25-10-14-6-13(25)11-26-14)23-18(22-15)24-4-2-1-3-5-24/h7-9,13-14,16-19H,1-6,10-12H2,(H2,24,25,26);5-7,13-14H,2-4,8-11H2,1H3,(H2,22,23,24);8-10,14-15H,1-7,11-12H2,(H2,21,22,23);7-9,13-14H,1-6,10-11H2,(H2,19,20,21)/t;13-,14-,19?;14-,15-;13-,14-/m.000/s1. The van der Waals surface area contributed by atoms with Gasteiger partial charge in [0.2, 0.25) is 47.6 Å². The molecule has 32 nitrogen and oxygen atoms in total. The largest absolute Gasteiger partial charge is 0.378 e. The summed E-state index contributed by atoms with van der Waals surface area (Å²) in [4.78, 5) is 91.6. The highest BCUT2D eigenvalue weighted by Gasteiger charge is 2.64. The fourth-order valence-corrected chi connectivity index (χ4v) is 20.7. The van der Waals surface area contributed by atoms with Crippen molar-refractivity contribution in [2.24, 2.45) is 16.7 Å². The molecule has 2 spiro atoms. The molecule has 9 atom stereocenters. The SMILES string of the molecule is CC1(F)CCC12CN(c1nc(-c3cnc(N)nc3)cc(N3C[C@@H]4C[C@H]3CO4)n1)C2.Nc1ncc(-c2cc(C3CC4CCC(C3)N4C3COC3)nc(N3CC4CC3C4)n2)cn1.Nc1ncc(-c2cc(N3C[C@@H]4C[C@H]3CO4)nc(N3CCC4(CC3)CC4)n2)cn1.Nc1ncc(-c2cc(N3C[C@@H]4C[C@H]3CO4)nc(N3CCCCC3)n2)cn1. The highest BCUT2D eigenvalue weighted by molar-refractivity contribution is 5.69. The summed E-state index contributed by atoms with van der Waals surface area (Å²) < 4.78 is 37.5. The van der Waals surface area contributed by atoms with E-state index in [-0.39, 0.29) is 29.4 Å². The van der Waals surface area contributed by atoms with Crippen molar-refractivity contribution in [3.63, 3.8) is 0 Å². The Hall–Kier alpha value is -9.83. The van der Waals surface area contributed by atoms with Gasteiger partial charge in [-0.2, -0.15) is 15.0 Å². The van der Waals surface area contributed by atoms with Gasteiger partial charge in [-0.25, -0.2) is 69.2 Å². The van der Waals surface area contributed by atoms with Crippen molar-refractivity contribution in [3.05, 3.63) is 79.5 Å². The lowest BCUT2D eigenvalue weighted by molar-refractivity contribution is -0.111. The normalized spacial score (nSPS) is 30.0. The third-order valence-electron chi connectivity index (χ3n) is 28.1. The maximum atomic E-state index is 14.7. The van der Waals surface area contributed by atoms with E-state index in [1.165, 1.54) is 89.2 Å². The van der Waals surface area contributed by atoms with Crippen LogP contribution in [0.25, 0.3) is 45.0 Å². The number of nitrogens with zero attached hydrogens (tertiary/aromatic N) is 24. The number of nitrogens with two attached hydrogens (primary N) is 4. The first-order chi connectivity index (χ1) is 55.6. The average molecular weight is 1550 g/mol. The number of piperidine rings is 3. The number of aromatic nitrogens is 16. The first kappa shape index (κ1) is 71.9. The van der Waals surface area contributed by atoms with Gasteiger partial charge in [0.1, 0.15) is 23.1 Å². The zero-order valence-electron chi connectivity index (χ0n) is 64.7. The minimum absolute atomic E-state index is 0.231. The van der Waals surface area contributed by atoms with Crippen molar-refractivity contribution in [2.45, 2.75) is 195 Å². The molecule has 10 bridgehead atoms. The Morgan fingerprint density at radius 2 is 0.807 bits per heavy atom. The molecule has 3 unspecified atom stereocenters. The number of alkyl halides is 1. The minimum Gasteiger partial charge on any atom is -0.378 e. The molecule has 8 aromatic rings. The second kappa shape index (κ2) is 28.9. The maximum Gasteiger partial charge on any atom is 0.227 e. The summed E-state index contributed by atoms with van der Waals surface area (Å²) in [6.45, 7) is 15.0. The zero-order chi connectivity index (χ0) is 76.6. The van der Waals surface area contributed by atoms with Crippen molar-refractivity contribution in [3.8, 4) is 45.0 Å². The maximum absolute atomic E-state index is 14.7. The molecule has 0 aromatic carbocycles. The Morgan fingerprint density at radius 3 is 1.17 bits per heavy atom. The summed E-state index contributed by atoms with van der Waals surface area (Å²) in [6, 6.07) is 12.0. The molecular formula is C81H101FN28O4. The van der Waals surface area contributed by atoms with Crippen molar-refractivity contribution in [2.75, 3.05) is 156 Å². The molecule has 25 rings (SSSR count). The van der Waals surface area contributed by atoms with Gasteiger partial charge in [0.15, 0.2) is 0 Å². The van der Waals surface area contributed by atoms with Crippen LogP contribution in [-0.4, -0.2) is 249 Å². The first-order valence-corrected chi connectivity index (χ1v) is 41.7. The Morgan fingerprint density at radius 1 is 0.386 bits per heavy atom. The molecule has 3 saturated carbocycles. The van der Waals surface area contributed by atoms with E-state index in [1.54, 1.807) is 56.5 Å². The average Bonchev–Trinajstić information content (AvgIpc) is 1.00. The molecular weight excluding hydrogens is 1450 g/mol. The topological polar surface area (TPSA) is 373 Å². The van der Waals surface area contributed by atoms with E-state index < -0.39 is 5.67 Å².